The molecule has 6 heteroatoms. The fraction of sp³-hybridized carbons (Fsp3) is 0.231. The summed E-state index contributed by atoms with van der Waals surface area (Å²) in [6, 6.07) is 5.86. The largest absolute Gasteiger partial charge is 0.496 e. The Labute approximate surface area is 114 Å². The number of nitrogens with one attached hydrogen (secondary N) is 1. The predicted molar refractivity (Wildman–Crippen MR) is 73.0 cm³/mol. The summed E-state index contributed by atoms with van der Waals surface area (Å²) in [5.74, 6) is 6.59. The van der Waals surface area contributed by atoms with Crippen molar-refractivity contribution >= 4 is 11.3 Å². The molecular weight excluding hydrogens is 267 g/mol. The Morgan fingerprint density at radius 2 is 2.05 bits per heavy atom. The quantitative estimate of drug-likeness (QED) is 0.653. The second-order valence-corrected chi connectivity index (χ2v) is 4.82. The minimum atomic E-state index is -0.348. The molecule has 19 heavy (non-hydrogen) atoms. The fourth-order valence-electron chi connectivity index (χ4n) is 1.85. The molecule has 0 saturated heterocycles. The molecule has 3 N–H and O–H groups in total. The Bertz CT molecular complexity index is 559. The Morgan fingerprint density at radius 3 is 2.63 bits per heavy atom. The third-order valence-corrected chi connectivity index (χ3v) is 3.76. The third kappa shape index (κ3) is 2.86. The van der Waals surface area contributed by atoms with Gasteiger partial charge in [-0.15, -0.1) is 11.3 Å². The van der Waals surface area contributed by atoms with Crippen molar-refractivity contribution in [2.45, 2.75) is 6.04 Å². The van der Waals surface area contributed by atoms with Gasteiger partial charge in [-0.25, -0.2) is 9.82 Å². The standard InChI is InChI=1S/C13H15FN2O2S/c1-17-9-6-12(19-7-9)13(16-15)10-5-8(14)3-4-11(10)18-2/h3-7,13,16H,15H2,1-2H3. The van der Waals surface area contributed by atoms with E-state index in [1.807, 2.05) is 11.4 Å². The van der Waals surface area contributed by atoms with Crippen LogP contribution in [0.3, 0.4) is 0 Å². The van der Waals surface area contributed by atoms with Crippen LogP contribution in [0.25, 0.3) is 0 Å². The molecule has 0 aliphatic rings. The van der Waals surface area contributed by atoms with Gasteiger partial charge in [-0.05, 0) is 24.3 Å². The van der Waals surface area contributed by atoms with Crippen LogP contribution in [0.4, 0.5) is 4.39 Å². The van der Waals surface area contributed by atoms with Crippen LogP contribution in [0.2, 0.25) is 0 Å². The normalized spacial score (nSPS) is 12.2. The maximum absolute atomic E-state index is 13.4. The number of thiophene rings is 1. The van der Waals surface area contributed by atoms with E-state index in [4.69, 9.17) is 15.3 Å². The Hall–Kier alpha value is -1.63. The van der Waals surface area contributed by atoms with Gasteiger partial charge in [0.25, 0.3) is 0 Å². The summed E-state index contributed by atoms with van der Waals surface area (Å²) >= 11 is 1.48. The maximum atomic E-state index is 13.4. The van der Waals surface area contributed by atoms with E-state index < -0.39 is 0 Å². The van der Waals surface area contributed by atoms with Crippen molar-refractivity contribution in [3.8, 4) is 11.5 Å². The number of benzene rings is 1. The first kappa shape index (κ1) is 13.8. The van der Waals surface area contributed by atoms with E-state index >= 15 is 0 Å². The van der Waals surface area contributed by atoms with Crippen LogP contribution in [-0.4, -0.2) is 14.2 Å². The molecule has 0 amide bonds. The molecule has 0 aliphatic heterocycles. The van der Waals surface area contributed by atoms with E-state index in [-0.39, 0.29) is 11.9 Å². The van der Waals surface area contributed by atoms with E-state index in [0.29, 0.717) is 11.3 Å². The number of methoxy groups -OCH3 is 2. The second kappa shape index (κ2) is 6.01. The molecule has 1 unspecified atom stereocenters. The molecule has 1 heterocycles. The van der Waals surface area contributed by atoms with Gasteiger partial charge in [-0.2, -0.15) is 0 Å². The lowest BCUT2D eigenvalue weighted by Crippen LogP contribution is -2.28. The van der Waals surface area contributed by atoms with Gasteiger partial charge in [0.1, 0.15) is 17.3 Å². The maximum Gasteiger partial charge on any atom is 0.129 e. The average Bonchev–Trinajstić information content (AvgIpc) is 2.89. The summed E-state index contributed by atoms with van der Waals surface area (Å²) in [7, 11) is 3.14. The Kier molecular flexibility index (Phi) is 4.36. The molecule has 0 bridgehead atoms. The highest BCUT2D eigenvalue weighted by molar-refractivity contribution is 7.10. The van der Waals surface area contributed by atoms with Crippen LogP contribution in [-0.2, 0) is 0 Å². The van der Waals surface area contributed by atoms with Crippen LogP contribution >= 0.6 is 11.3 Å². The van der Waals surface area contributed by atoms with Gasteiger partial charge in [0.05, 0.1) is 20.3 Å². The number of halogens is 1. The highest BCUT2D eigenvalue weighted by Gasteiger charge is 2.19. The van der Waals surface area contributed by atoms with Gasteiger partial charge < -0.3 is 9.47 Å². The van der Waals surface area contributed by atoms with Crippen LogP contribution in [0, 0.1) is 5.82 Å². The van der Waals surface area contributed by atoms with Crippen molar-refractivity contribution in [1.82, 2.24) is 5.43 Å². The number of hydrogen-bond donors (Lipinski definition) is 2. The van der Waals surface area contributed by atoms with E-state index in [1.165, 1.54) is 23.5 Å². The predicted octanol–water partition coefficient (Wildman–Crippen LogP) is 2.46. The molecule has 0 fully saturated rings. The van der Waals surface area contributed by atoms with Crippen LogP contribution in [0.15, 0.2) is 29.6 Å². The minimum absolute atomic E-state index is 0.334. The third-order valence-electron chi connectivity index (χ3n) is 2.79. The molecule has 0 spiro atoms. The number of hydrogen-bond acceptors (Lipinski definition) is 5. The molecule has 1 aromatic heterocycles. The second-order valence-electron chi connectivity index (χ2n) is 3.87. The van der Waals surface area contributed by atoms with E-state index in [9.17, 15) is 4.39 Å². The van der Waals surface area contributed by atoms with Gasteiger partial charge >= 0.3 is 0 Å². The summed E-state index contributed by atoms with van der Waals surface area (Å²) in [4.78, 5) is 0.920. The first-order valence-electron chi connectivity index (χ1n) is 5.61. The summed E-state index contributed by atoms with van der Waals surface area (Å²) in [6.45, 7) is 0. The lowest BCUT2D eigenvalue weighted by Gasteiger charge is -2.17. The zero-order valence-electron chi connectivity index (χ0n) is 10.6. The molecule has 1 atom stereocenters. The number of rotatable bonds is 5. The van der Waals surface area contributed by atoms with Crippen LogP contribution in [0.5, 0.6) is 11.5 Å². The van der Waals surface area contributed by atoms with Crippen molar-refractivity contribution in [3.05, 3.63) is 45.9 Å². The van der Waals surface area contributed by atoms with E-state index in [0.717, 1.165) is 10.6 Å². The molecule has 0 radical (unpaired) electrons. The topological polar surface area (TPSA) is 56.5 Å². The van der Waals surface area contributed by atoms with Crippen molar-refractivity contribution < 1.29 is 13.9 Å². The molecule has 0 aliphatic carbocycles. The van der Waals surface area contributed by atoms with Crippen LogP contribution in [0.1, 0.15) is 16.5 Å². The van der Waals surface area contributed by atoms with Crippen LogP contribution < -0.4 is 20.7 Å². The summed E-state index contributed by atoms with van der Waals surface area (Å²) in [6.07, 6.45) is 0. The molecule has 1 aromatic carbocycles. The Balaban J connectivity index is 2.43. The van der Waals surface area contributed by atoms with E-state index in [1.54, 1.807) is 20.3 Å². The first-order chi connectivity index (χ1) is 9.19. The number of nitrogens with two attached hydrogens (primary N) is 1. The monoisotopic (exact) mass is 282 g/mol. The summed E-state index contributed by atoms with van der Waals surface area (Å²) in [5, 5.41) is 1.87. The van der Waals surface area contributed by atoms with Crippen molar-refractivity contribution in [3.63, 3.8) is 0 Å². The van der Waals surface area contributed by atoms with Gasteiger partial charge in [0.2, 0.25) is 0 Å². The van der Waals surface area contributed by atoms with E-state index in [2.05, 4.69) is 5.43 Å². The molecule has 4 nitrogen and oxygen atoms in total. The summed E-state index contributed by atoms with van der Waals surface area (Å²) < 4.78 is 23.8. The Morgan fingerprint density at radius 1 is 1.26 bits per heavy atom. The first-order valence-corrected chi connectivity index (χ1v) is 6.49. The van der Waals surface area contributed by atoms with Gasteiger partial charge in [-0.3, -0.25) is 5.84 Å². The number of hydrazine groups is 1. The fourth-order valence-corrected chi connectivity index (χ4v) is 2.78. The molecular formula is C13H15FN2O2S. The zero-order valence-corrected chi connectivity index (χ0v) is 11.5. The SMILES string of the molecule is COc1csc(C(NN)c2cc(F)ccc2OC)c1. The summed E-state index contributed by atoms with van der Waals surface area (Å²) in [5.41, 5.74) is 3.33. The van der Waals surface area contributed by atoms with Crippen molar-refractivity contribution in [2.24, 2.45) is 5.84 Å². The number of ether oxygens (including phenoxy) is 2. The molecule has 2 rings (SSSR count). The molecule has 102 valence electrons. The zero-order chi connectivity index (χ0) is 13.8. The molecule has 0 saturated carbocycles. The van der Waals surface area contributed by atoms with Gasteiger partial charge in [0.15, 0.2) is 0 Å². The lowest BCUT2D eigenvalue weighted by atomic mass is 10.0. The van der Waals surface area contributed by atoms with Gasteiger partial charge in [0, 0.05) is 15.8 Å². The average molecular weight is 282 g/mol. The van der Waals surface area contributed by atoms with Crippen molar-refractivity contribution in [1.29, 1.82) is 0 Å². The lowest BCUT2D eigenvalue weighted by molar-refractivity contribution is 0.402. The minimum Gasteiger partial charge on any atom is -0.496 e. The highest BCUT2D eigenvalue weighted by atomic mass is 32.1. The van der Waals surface area contributed by atoms with Crippen molar-refractivity contribution in [2.75, 3.05) is 14.2 Å². The van der Waals surface area contributed by atoms with Gasteiger partial charge in [-0.1, -0.05) is 0 Å². The highest BCUT2D eigenvalue weighted by Crippen LogP contribution is 2.35. The smallest absolute Gasteiger partial charge is 0.129 e. The molecule has 2 aromatic rings.